The first-order valence-corrected chi connectivity index (χ1v) is 7.73. The molecule has 0 bridgehead atoms. The van der Waals surface area contributed by atoms with Crippen LogP contribution < -0.4 is 5.32 Å². The molecule has 0 radical (unpaired) electrons. The first-order valence-electron chi connectivity index (χ1n) is 7.73. The molecular formula is C16H18F3N3O4. The van der Waals surface area contributed by atoms with Gasteiger partial charge in [-0.1, -0.05) is 29.4 Å². The summed E-state index contributed by atoms with van der Waals surface area (Å²) in [4.78, 5) is 15.3. The van der Waals surface area contributed by atoms with Gasteiger partial charge >= 0.3 is 12.1 Å². The summed E-state index contributed by atoms with van der Waals surface area (Å²) in [7, 11) is 1.41. The van der Waals surface area contributed by atoms with Gasteiger partial charge in [-0.15, -0.1) is 0 Å². The van der Waals surface area contributed by atoms with Crippen LogP contribution in [-0.4, -0.2) is 42.5 Å². The van der Waals surface area contributed by atoms with Gasteiger partial charge in [-0.3, -0.25) is 4.79 Å². The summed E-state index contributed by atoms with van der Waals surface area (Å²) < 4.78 is 51.8. The molecule has 0 spiro atoms. The van der Waals surface area contributed by atoms with Gasteiger partial charge in [-0.05, 0) is 12.5 Å². The van der Waals surface area contributed by atoms with Gasteiger partial charge in [-0.25, -0.2) is 0 Å². The van der Waals surface area contributed by atoms with E-state index in [0.29, 0.717) is 12.2 Å². The molecule has 0 aliphatic rings. The Morgan fingerprint density at radius 2 is 2.00 bits per heavy atom. The van der Waals surface area contributed by atoms with Crippen molar-refractivity contribution in [2.24, 2.45) is 0 Å². The van der Waals surface area contributed by atoms with Gasteiger partial charge in [0.25, 0.3) is 5.91 Å². The van der Waals surface area contributed by atoms with Crippen LogP contribution in [0.4, 0.5) is 13.2 Å². The summed E-state index contributed by atoms with van der Waals surface area (Å²) >= 11 is 0. The fourth-order valence-electron chi connectivity index (χ4n) is 2.01. The number of aromatic nitrogens is 2. The van der Waals surface area contributed by atoms with Crippen LogP contribution in [0, 0.1) is 0 Å². The zero-order valence-corrected chi connectivity index (χ0v) is 14.2. The number of methoxy groups -OCH3 is 1. The van der Waals surface area contributed by atoms with Crippen molar-refractivity contribution < 1.29 is 32.0 Å². The van der Waals surface area contributed by atoms with E-state index in [4.69, 9.17) is 9.47 Å². The third-order valence-corrected chi connectivity index (χ3v) is 3.40. The second kappa shape index (κ2) is 8.77. The Kier molecular flexibility index (Phi) is 6.70. The zero-order valence-electron chi connectivity index (χ0n) is 14.2. The Bertz CT molecular complexity index is 716. The molecule has 1 amide bonds. The topological polar surface area (TPSA) is 86.5 Å². The molecule has 1 aromatic heterocycles. The van der Waals surface area contributed by atoms with E-state index in [2.05, 4.69) is 20.0 Å². The highest BCUT2D eigenvalue weighted by Crippen LogP contribution is 2.29. The monoisotopic (exact) mass is 373 g/mol. The minimum Gasteiger partial charge on any atom is -0.378 e. The number of nitrogens with one attached hydrogen (secondary N) is 1. The maximum absolute atomic E-state index is 12.5. The Morgan fingerprint density at radius 3 is 2.54 bits per heavy atom. The van der Waals surface area contributed by atoms with Gasteiger partial charge < -0.3 is 19.3 Å². The lowest BCUT2D eigenvalue weighted by molar-refractivity contribution is -0.159. The normalized spacial score (nSPS) is 12.8. The molecule has 142 valence electrons. The Hall–Kier alpha value is -2.46. The number of benzene rings is 1. The summed E-state index contributed by atoms with van der Waals surface area (Å²) in [6.07, 6.45) is -5.40. The highest BCUT2D eigenvalue weighted by molar-refractivity contribution is 5.80. The van der Waals surface area contributed by atoms with Crippen LogP contribution in [-0.2, 0) is 27.0 Å². The fraction of sp³-hybridized carbons (Fsp3) is 0.438. The van der Waals surface area contributed by atoms with Crippen molar-refractivity contribution >= 4 is 5.91 Å². The minimum absolute atomic E-state index is 0.150. The van der Waals surface area contributed by atoms with Crippen LogP contribution >= 0.6 is 0 Å². The number of carbonyl (C=O) groups excluding carboxylic acids is 1. The predicted octanol–water partition coefficient (Wildman–Crippen LogP) is 2.42. The molecule has 0 saturated heterocycles. The Balaban J connectivity index is 1.95. The average molecular weight is 373 g/mol. The molecule has 26 heavy (non-hydrogen) atoms. The fourth-order valence-corrected chi connectivity index (χ4v) is 2.01. The summed E-state index contributed by atoms with van der Waals surface area (Å²) in [5, 5.41) is 6.01. The maximum atomic E-state index is 12.5. The van der Waals surface area contributed by atoms with Gasteiger partial charge in [0.15, 0.2) is 6.10 Å². The summed E-state index contributed by atoms with van der Waals surface area (Å²) in [6.45, 7) is 2.66. The number of hydrogen-bond acceptors (Lipinski definition) is 6. The van der Waals surface area contributed by atoms with Crippen LogP contribution in [0.2, 0.25) is 0 Å². The molecule has 0 aliphatic heterocycles. The summed E-state index contributed by atoms with van der Waals surface area (Å²) in [5.74, 6) is -1.88. The van der Waals surface area contributed by atoms with Crippen LogP contribution in [0.1, 0.15) is 18.4 Å². The van der Waals surface area contributed by atoms with Crippen LogP contribution in [0.15, 0.2) is 28.8 Å². The maximum Gasteiger partial charge on any atom is 0.471 e. The molecule has 2 rings (SSSR count). The molecule has 1 atom stereocenters. The number of nitrogens with zero attached hydrogens (tertiary/aromatic N) is 2. The van der Waals surface area contributed by atoms with E-state index in [1.807, 2.05) is 6.92 Å². The molecule has 10 heteroatoms. The van der Waals surface area contributed by atoms with E-state index < -0.39 is 18.2 Å². The first-order chi connectivity index (χ1) is 12.3. The molecule has 0 aliphatic carbocycles. The third-order valence-electron chi connectivity index (χ3n) is 3.40. The lowest BCUT2D eigenvalue weighted by Gasteiger charge is -2.15. The summed E-state index contributed by atoms with van der Waals surface area (Å²) in [6, 6.07) is 6.37. The lowest BCUT2D eigenvalue weighted by Crippen LogP contribution is -2.38. The molecule has 0 fully saturated rings. The minimum atomic E-state index is -4.69. The Labute approximate surface area is 147 Å². The highest BCUT2D eigenvalue weighted by atomic mass is 19.4. The smallest absolute Gasteiger partial charge is 0.378 e. The van der Waals surface area contributed by atoms with Crippen molar-refractivity contribution in [2.75, 3.05) is 20.3 Å². The van der Waals surface area contributed by atoms with Crippen molar-refractivity contribution in [1.82, 2.24) is 15.5 Å². The van der Waals surface area contributed by atoms with Gasteiger partial charge in [0.05, 0.1) is 6.61 Å². The van der Waals surface area contributed by atoms with Gasteiger partial charge in [-0.2, -0.15) is 18.2 Å². The van der Waals surface area contributed by atoms with Crippen molar-refractivity contribution in [1.29, 1.82) is 0 Å². The second-order valence-corrected chi connectivity index (χ2v) is 5.22. The molecule has 7 nitrogen and oxygen atoms in total. The number of halogens is 3. The van der Waals surface area contributed by atoms with Crippen molar-refractivity contribution in [3.8, 4) is 11.4 Å². The van der Waals surface area contributed by atoms with E-state index in [0.717, 1.165) is 5.56 Å². The molecule has 1 unspecified atom stereocenters. The molecule has 1 N–H and O–H groups in total. The number of carbonyl (C=O) groups is 1. The second-order valence-electron chi connectivity index (χ2n) is 5.22. The molecular weight excluding hydrogens is 355 g/mol. The zero-order chi connectivity index (χ0) is 19.2. The van der Waals surface area contributed by atoms with E-state index in [9.17, 15) is 18.0 Å². The van der Waals surface area contributed by atoms with Crippen LogP contribution in [0.3, 0.4) is 0 Å². The number of alkyl halides is 3. The number of rotatable bonds is 8. The van der Waals surface area contributed by atoms with Gasteiger partial charge in [0, 0.05) is 25.8 Å². The molecule has 2 aromatic rings. The quantitative estimate of drug-likeness (QED) is 0.765. The van der Waals surface area contributed by atoms with Crippen LogP contribution in [0.5, 0.6) is 0 Å². The first kappa shape index (κ1) is 19.9. The standard InChI is InChI=1S/C16H18F3N3O4/c1-3-25-9-12(24-2)14(23)20-8-10-4-6-11(7-5-10)13-21-15(26-22-13)16(17,18)19/h4-7,12H,3,8-9H2,1-2H3,(H,20,23). The van der Waals surface area contributed by atoms with Crippen molar-refractivity contribution in [3.63, 3.8) is 0 Å². The number of ether oxygens (including phenoxy) is 2. The number of amides is 1. The van der Waals surface area contributed by atoms with E-state index in [-0.39, 0.29) is 24.9 Å². The van der Waals surface area contributed by atoms with E-state index in [1.54, 1.807) is 24.3 Å². The average Bonchev–Trinajstić information content (AvgIpc) is 3.11. The lowest BCUT2D eigenvalue weighted by atomic mass is 10.1. The van der Waals surface area contributed by atoms with E-state index >= 15 is 0 Å². The third kappa shape index (κ3) is 5.27. The highest BCUT2D eigenvalue weighted by Gasteiger charge is 2.38. The van der Waals surface area contributed by atoms with Crippen molar-refractivity contribution in [2.45, 2.75) is 25.7 Å². The summed E-state index contributed by atoms with van der Waals surface area (Å²) in [5.41, 5.74) is 1.11. The van der Waals surface area contributed by atoms with Gasteiger partial charge in [0.2, 0.25) is 5.82 Å². The van der Waals surface area contributed by atoms with Crippen molar-refractivity contribution in [3.05, 3.63) is 35.7 Å². The SMILES string of the molecule is CCOCC(OC)C(=O)NCc1ccc(-c2noc(C(F)(F)F)n2)cc1. The largest absolute Gasteiger partial charge is 0.471 e. The Morgan fingerprint density at radius 1 is 1.31 bits per heavy atom. The predicted molar refractivity (Wildman–Crippen MR) is 83.9 cm³/mol. The number of hydrogen-bond donors (Lipinski definition) is 1. The molecule has 1 heterocycles. The van der Waals surface area contributed by atoms with Gasteiger partial charge in [0.1, 0.15) is 0 Å². The molecule has 0 saturated carbocycles. The van der Waals surface area contributed by atoms with Crippen LogP contribution in [0.25, 0.3) is 11.4 Å². The molecule has 1 aromatic carbocycles. The van der Waals surface area contributed by atoms with E-state index in [1.165, 1.54) is 7.11 Å².